The predicted molar refractivity (Wildman–Crippen MR) is 67.7 cm³/mol. The van der Waals surface area contributed by atoms with E-state index in [-0.39, 0.29) is 36.3 Å². The first-order chi connectivity index (χ1) is 9.15. The van der Waals surface area contributed by atoms with E-state index in [1.54, 1.807) is 24.3 Å². The van der Waals surface area contributed by atoms with Crippen LogP contribution < -0.4 is 0 Å². The first-order valence-electron chi connectivity index (χ1n) is 6.35. The van der Waals surface area contributed by atoms with Gasteiger partial charge in [0.15, 0.2) is 5.78 Å². The molecule has 1 aliphatic heterocycles. The van der Waals surface area contributed by atoms with Crippen molar-refractivity contribution in [2.45, 2.75) is 25.2 Å². The van der Waals surface area contributed by atoms with Gasteiger partial charge in [0, 0.05) is 12.0 Å². The largest absolute Gasteiger partial charge is 0.508 e. The molecule has 1 unspecified atom stereocenters. The van der Waals surface area contributed by atoms with E-state index >= 15 is 0 Å². The molecule has 1 atom stereocenters. The van der Waals surface area contributed by atoms with Crippen molar-refractivity contribution in [2.24, 2.45) is 0 Å². The van der Waals surface area contributed by atoms with Crippen LogP contribution in [-0.4, -0.2) is 23.3 Å². The minimum absolute atomic E-state index is 0.0550. The summed E-state index contributed by atoms with van der Waals surface area (Å²) in [5.41, 5.74) is 1.51. The molecule has 1 N–H and O–H groups in total. The molecule has 4 heteroatoms. The molecule has 1 heterocycles. The number of carbonyl (C=O) groups is 2. The second-order valence-electron chi connectivity index (χ2n) is 4.94. The van der Waals surface area contributed by atoms with Crippen LogP contribution in [0.3, 0.4) is 0 Å². The molecule has 0 saturated carbocycles. The monoisotopic (exact) mass is 258 g/mol. The zero-order chi connectivity index (χ0) is 13.4. The Labute approximate surface area is 110 Å². The molecular weight excluding hydrogens is 244 g/mol. The van der Waals surface area contributed by atoms with Crippen LogP contribution in [0.1, 0.15) is 30.7 Å². The van der Waals surface area contributed by atoms with E-state index in [0.29, 0.717) is 24.2 Å². The number of phenols is 1. The molecule has 0 saturated heterocycles. The van der Waals surface area contributed by atoms with Crippen LogP contribution in [0.5, 0.6) is 5.75 Å². The Bertz CT molecular complexity index is 568. The first-order valence-corrected chi connectivity index (χ1v) is 6.35. The third-order valence-electron chi connectivity index (χ3n) is 3.68. The maximum Gasteiger partial charge on any atom is 0.173 e. The number of carbonyl (C=O) groups excluding carboxylic acids is 2. The van der Waals surface area contributed by atoms with Crippen LogP contribution >= 0.6 is 0 Å². The van der Waals surface area contributed by atoms with Crippen molar-refractivity contribution in [1.82, 2.24) is 0 Å². The fourth-order valence-electron chi connectivity index (χ4n) is 2.60. The molecule has 98 valence electrons. The van der Waals surface area contributed by atoms with Gasteiger partial charge in [-0.1, -0.05) is 12.1 Å². The summed E-state index contributed by atoms with van der Waals surface area (Å²) in [6.45, 7) is 0.274. The van der Waals surface area contributed by atoms with Gasteiger partial charge in [0.1, 0.15) is 23.9 Å². The lowest BCUT2D eigenvalue weighted by Crippen LogP contribution is -2.29. The molecule has 1 aromatic rings. The Balaban J connectivity index is 1.90. The standard InChI is InChI=1S/C15H14O4/c16-10-3-1-9(2-4-10)13-8-19-14-7-11(17)5-6-12(14)15(13)18/h1-4,13,16H,5-8H2. The predicted octanol–water partition coefficient (Wildman–Crippen LogP) is 2.08. The number of Topliss-reactive ketones (excluding diaryl/α,β-unsaturated/α-hetero) is 2. The smallest absolute Gasteiger partial charge is 0.173 e. The van der Waals surface area contributed by atoms with E-state index in [0.717, 1.165) is 5.56 Å². The minimum Gasteiger partial charge on any atom is -0.508 e. The number of aromatic hydroxyl groups is 1. The Kier molecular flexibility index (Phi) is 2.85. The summed E-state index contributed by atoms with van der Waals surface area (Å²) in [5.74, 6) is 0.606. The van der Waals surface area contributed by atoms with Crippen molar-refractivity contribution in [1.29, 1.82) is 0 Å². The van der Waals surface area contributed by atoms with Crippen LogP contribution in [-0.2, 0) is 14.3 Å². The third kappa shape index (κ3) is 2.14. The highest BCUT2D eigenvalue weighted by Crippen LogP contribution is 2.35. The van der Waals surface area contributed by atoms with E-state index in [4.69, 9.17) is 4.74 Å². The van der Waals surface area contributed by atoms with Gasteiger partial charge in [-0.15, -0.1) is 0 Å². The highest BCUT2D eigenvalue weighted by molar-refractivity contribution is 6.03. The number of rotatable bonds is 1. The SMILES string of the molecule is O=C1CCC2=C(C1)OCC(c1ccc(O)cc1)C2=O. The Morgan fingerprint density at radius 1 is 1.11 bits per heavy atom. The van der Waals surface area contributed by atoms with Gasteiger partial charge < -0.3 is 9.84 Å². The Morgan fingerprint density at radius 3 is 2.58 bits per heavy atom. The van der Waals surface area contributed by atoms with Crippen molar-refractivity contribution < 1.29 is 19.4 Å². The van der Waals surface area contributed by atoms with Gasteiger partial charge in [0.2, 0.25) is 0 Å². The fraction of sp³-hybridized carbons (Fsp3) is 0.333. The van der Waals surface area contributed by atoms with E-state index < -0.39 is 0 Å². The summed E-state index contributed by atoms with van der Waals surface area (Å²) < 4.78 is 5.60. The van der Waals surface area contributed by atoms with Gasteiger partial charge in [0.25, 0.3) is 0 Å². The molecule has 1 aromatic carbocycles. The van der Waals surface area contributed by atoms with Crippen LogP contribution in [0, 0.1) is 0 Å². The lowest BCUT2D eigenvalue weighted by atomic mass is 9.83. The molecule has 1 aliphatic carbocycles. The quantitative estimate of drug-likeness (QED) is 0.837. The molecule has 19 heavy (non-hydrogen) atoms. The van der Waals surface area contributed by atoms with Gasteiger partial charge >= 0.3 is 0 Å². The normalized spacial score (nSPS) is 23.1. The van der Waals surface area contributed by atoms with Crippen LogP contribution in [0.15, 0.2) is 35.6 Å². The molecule has 2 aliphatic rings. The molecule has 0 amide bonds. The highest BCUT2D eigenvalue weighted by atomic mass is 16.5. The zero-order valence-corrected chi connectivity index (χ0v) is 10.4. The van der Waals surface area contributed by atoms with Crippen molar-refractivity contribution in [2.75, 3.05) is 6.61 Å². The summed E-state index contributed by atoms with van der Waals surface area (Å²) in [6.07, 6.45) is 1.17. The van der Waals surface area contributed by atoms with Crippen LogP contribution in [0.25, 0.3) is 0 Å². The van der Waals surface area contributed by atoms with Gasteiger partial charge in [0.05, 0.1) is 12.3 Å². The number of ether oxygens (including phenoxy) is 1. The van der Waals surface area contributed by atoms with Crippen LogP contribution in [0.4, 0.5) is 0 Å². The van der Waals surface area contributed by atoms with Gasteiger partial charge in [-0.05, 0) is 24.1 Å². The van der Waals surface area contributed by atoms with E-state index in [2.05, 4.69) is 0 Å². The van der Waals surface area contributed by atoms with E-state index in [1.807, 2.05) is 0 Å². The second-order valence-corrected chi connectivity index (χ2v) is 4.94. The van der Waals surface area contributed by atoms with Crippen molar-refractivity contribution in [3.63, 3.8) is 0 Å². The van der Waals surface area contributed by atoms with Crippen molar-refractivity contribution >= 4 is 11.6 Å². The lowest BCUT2D eigenvalue weighted by Gasteiger charge is -2.29. The van der Waals surface area contributed by atoms with Gasteiger partial charge in [-0.25, -0.2) is 0 Å². The highest BCUT2D eigenvalue weighted by Gasteiger charge is 2.35. The molecule has 0 fully saturated rings. The molecule has 0 spiro atoms. The van der Waals surface area contributed by atoms with E-state index in [9.17, 15) is 14.7 Å². The summed E-state index contributed by atoms with van der Waals surface area (Å²) >= 11 is 0. The average Bonchev–Trinajstić information content (AvgIpc) is 2.40. The fourth-order valence-corrected chi connectivity index (χ4v) is 2.60. The molecule has 4 nitrogen and oxygen atoms in total. The summed E-state index contributed by atoms with van der Waals surface area (Å²) in [6, 6.07) is 6.61. The molecular formula is C15H14O4. The number of ketones is 2. The Morgan fingerprint density at radius 2 is 1.84 bits per heavy atom. The number of allylic oxidation sites excluding steroid dienone is 2. The van der Waals surface area contributed by atoms with E-state index in [1.165, 1.54) is 0 Å². The lowest BCUT2D eigenvalue weighted by molar-refractivity contribution is -0.122. The molecule has 0 aromatic heterocycles. The van der Waals surface area contributed by atoms with Crippen molar-refractivity contribution in [3.05, 3.63) is 41.2 Å². The zero-order valence-electron chi connectivity index (χ0n) is 10.4. The molecule has 0 radical (unpaired) electrons. The number of hydrogen-bond acceptors (Lipinski definition) is 4. The maximum absolute atomic E-state index is 12.4. The number of hydrogen-bond donors (Lipinski definition) is 1. The third-order valence-corrected chi connectivity index (χ3v) is 3.68. The first kappa shape index (κ1) is 12.0. The van der Waals surface area contributed by atoms with Gasteiger partial charge in [-0.2, -0.15) is 0 Å². The number of benzene rings is 1. The minimum atomic E-state index is -0.326. The topological polar surface area (TPSA) is 63.6 Å². The summed E-state index contributed by atoms with van der Waals surface area (Å²) in [5, 5.41) is 9.27. The molecule has 3 rings (SSSR count). The Hall–Kier alpha value is -2.10. The second kappa shape index (κ2) is 4.53. The average molecular weight is 258 g/mol. The van der Waals surface area contributed by atoms with Crippen LogP contribution in [0.2, 0.25) is 0 Å². The summed E-state index contributed by atoms with van der Waals surface area (Å²) in [7, 11) is 0. The number of phenolic OH excluding ortho intramolecular Hbond substituents is 1. The molecule has 0 bridgehead atoms. The maximum atomic E-state index is 12.4. The van der Waals surface area contributed by atoms with Gasteiger partial charge in [-0.3, -0.25) is 9.59 Å². The van der Waals surface area contributed by atoms with Crippen molar-refractivity contribution in [3.8, 4) is 5.75 Å². The summed E-state index contributed by atoms with van der Waals surface area (Å²) in [4.78, 5) is 23.8.